The van der Waals surface area contributed by atoms with Gasteiger partial charge in [-0.15, -0.1) is 12.4 Å². The molecule has 4 nitrogen and oxygen atoms in total. The summed E-state index contributed by atoms with van der Waals surface area (Å²) in [4.78, 5) is 17.9. The topological polar surface area (TPSA) is 59.2 Å². The molecule has 1 aliphatic heterocycles. The quantitative estimate of drug-likeness (QED) is 0.890. The number of carbonyl (C=O) groups is 1. The Morgan fingerprint density at radius 3 is 2.94 bits per heavy atom. The fraction of sp³-hybridized carbons (Fsp3) is 0.455. The van der Waals surface area contributed by atoms with Gasteiger partial charge in [-0.05, 0) is 24.3 Å². The maximum atomic E-state index is 12.1. The summed E-state index contributed by atoms with van der Waals surface area (Å²) in [6.07, 6.45) is 1.06. The average molecular weight is 274 g/mol. The first-order valence-corrected chi connectivity index (χ1v) is 6.41. The number of thioether (sulfide) groups is 1. The van der Waals surface area contributed by atoms with Crippen molar-refractivity contribution in [2.45, 2.75) is 12.5 Å². The number of hydrogen-bond donors (Lipinski definition) is 1. The summed E-state index contributed by atoms with van der Waals surface area (Å²) in [6, 6.07) is 5.48. The lowest BCUT2D eigenvalue weighted by atomic mass is 10.2. The Hall–Kier alpha value is -0.940. The van der Waals surface area contributed by atoms with Crippen LogP contribution in [0.25, 0.3) is 0 Å². The first-order chi connectivity index (χ1) is 7.68. The molecule has 1 amide bonds. The Kier molecular flexibility index (Phi) is 5.08. The summed E-state index contributed by atoms with van der Waals surface area (Å²) in [5, 5.41) is 0. The van der Waals surface area contributed by atoms with Crippen LogP contribution in [0.15, 0.2) is 18.2 Å². The summed E-state index contributed by atoms with van der Waals surface area (Å²) in [6.45, 7) is 0. The highest BCUT2D eigenvalue weighted by Crippen LogP contribution is 2.22. The van der Waals surface area contributed by atoms with E-state index in [0.29, 0.717) is 17.6 Å². The molecule has 17 heavy (non-hydrogen) atoms. The highest BCUT2D eigenvalue weighted by molar-refractivity contribution is 7.99. The molecule has 1 saturated heterocycles. The molecule has 0 spiro atoms. The second-order valence-corrected chi connectivity index (χ2v) is 5.03. The van der Waals surface area contributed by atoms with E-state index in [9.17, 15) is 4.79 Å². The Morgan fingerprint density at radius 1 is 1.59 bits per heavy atom. The Balaban J connectivity index is 0.00000144. The van der Waals surface area contributed by atoms with E-state index >= 15 is 0 Å². The van der Waals surface area contributed by atoms with Gasteiger partial charge in [0.2, 0.25) is 0 Å². The van der Waals surface area contributed by atoms with Gasteiger partial charge in [0.15, 0.2) is 0 Å². The maximum absolute atomic E-state index is 12.1. The van der Waals surface area contributed by atoms with Crippen molar-refractivity contribution in [3.05, 3.63) is 23.9 Å². The highest BCUT2D eigenvalue weighted by Gasteiger charge is 2.25. The highest BCUT2D eigenvalue weighted by atomic mass is 35.5. The molecule has 1 aliphatic rings. The zero-order valence-electron chi connectivity index (χ0n) is 9.63. The molecule has 0 radical (unpaired) electrons. The second-order valence-electron chi connectivity index (χ2n) is 3.88. The number of carbonyl (C=O) groups excluding carboxylic acids is 1. The monoisotopic (exact) mass is 273 g/mol. The first-order valence-electron chi connectivity index (χ1n) is 5.26. The molecule has 94 valence electrons. The predicted octanol–water partition coefficient (Wildman–Crippen LogP) is 1.66. The number of rotatable bonds is 2. The van der Waals surface area contributed by atoms with E-state index in [4.69, 9.17) is 5.73 Å². The van der Waals surface area contributed by atoms with E-state index in [1.165, 1.54) is 0 Å². The van der Waals surface area contributed by atoms with Crippen LogP contribution >= 0.6 is 24.2 Å². The number of hydrogen-bond acceptors (Lipinski definition) is 4. The molecule has 1 unspecified atom stereocenters. The molecule has 6 heteroatoms. The zero-order chi connectivity index (χ0) is 11.5. The van der Waals surface area contributed by atoms with Gasteiger partial charge >= 0.3 is 0 Å². The van der Waals surface area contributed by atoms with E-state index in [2.05, 4.69) is 4.98 Å². The van der Waals surface area contributed by atoms with Gasteiger partial charge in [-0.25, -0.2) is 4.98 Å². The number of aromatic nitrogens is 1. The van der Waals surface area contributed by atoms with Gasteiger partial charge in [0.05, 0.1) is 0 Å². The van der Waals surface area contributed by atoms with Crippen molar-refractivity contribution in [3.63, 3.8) is 0 Å². The Morgan fingerprint density at radius 2 is 2.35 bits per heavy atom. The van der Waals surface area contributed by atoms with Crippen molar-refractivity contribution in [3.8, 4) is 0 Å². The second kappa shape index (κ2) is 6.12. The fourth-order valence-corrected chi connectivity index (χ4v) is 3.01. The number of anilines is 1. The number of nitrogens with two attached hydrogens (primary N) is 1. The van der Waals surface area contributed by atoms with Crippen LogP contribution in [0.5, 0.6) is 0 Å². The summed E-state index contributed by atoms with van der Waals surface area (Å²) >= 11 is 1.89. The molecular weight excluding hydrogens is 258 g/mol. The molecular formula is C11H16ClN3OS. The summed E-state index contributed by atoms with van der Waals surface area (Å²) in [5.41, 5.74) is 5.99. The SMILES string of the molecule is CN(C(=O)c1cccc(N)n1)C1CCSC1.Cl. The Labute approximate surface area is 111 Å². The van der Waals surface area contributed by atoms with Gasteiger partial charge in [-0.2, -0.15) is 11.8 Å². The lowest BCUT2D eigenvalue weighted by molar-refractivity contribution is 0.0742. The summed E-state index contributed by atoms with van der Waals surface area (Å²) < 4.78 is 0. The third kappa shape index (κ3) is 3.26. The van der Waals surface area contributed by atoms with Crippen LogP contribution in [0.2, 0.25) is 0 Å². The number of nitrogen functional groups attached to an aromatic ring is 1. The van der Waals surface area contributed by atoms with Crippen molar-refractivity contribution in [1.29, 1.82) is 0 Å². The fourth-order valence-electron chi connectivity index (χ4n) is 1.74. The normalized spacial score (nSPS) is 18.5. The number of halogens is 1. The molecule has 0 bridgehead atoms. The van der Waals surface area contributed by atoms with E-state index in [1.807, 2.05) is 18.8 Å². The first kappa shape index (κ1) is 14.1. The lowest BCUT2D eigenvalue weighted by Gasteiger charge is -2.23. The van der Waals surface area contributed by atoms with Crippen molar-refractivity contribution in [1.82, 2.24) is 9.88 Å². The van der Waals surface area contributed by atoms with E-state index in [1.54, 1.807) is 23.1 Å². The van der Waals surface area contributed by atoms with Crippen LogP contribution in [0.4, 0.5) is 5.82 Å². The van der Waals surface area contributed by atoms with Crippen LogP contribution in [-0.2, 0) is 0 Å². The molecule has 0 aromatic carbocycles. The van der Waals surface area contributed by atoms with Crippen LogP contribution < -0.4 is 5.73 Å². The largest absolute Gasteiger partial charge is 0.384 e. The van der Waals surface area contributed by atoms with Crippen molar-refractivity contribution in [2.75, 3.05) is 24.3 Å². The molecule has 2 N–H and O–H groups in total. The molecule has 1 aromatic rings. The third-order valence-electron chi connectivity index (χ3n) is 2.76. The van der Waals surface area contributed by atoms with Crippen LogP contribution in [0.3, 0.4) is 0 Å². The number of amides is 1. The molecule has 1 fully saturated rings. The van der Waals surface area contributed by atoms with Crippen LogP contribution in [0, 0.1) is 0 Å². The van der Waals surface area contributed by atoms with Crippen LogP contribution in [0.1, 0.15) is 16.9 Å². The average Bonchev–Trinajstić information content (AvgIpc) is 2.80. The molecule has 2 rings (SSSR count). The lowest BCUT2D eigenvalue weighted by Crippen LogP contribution is -2.37. The summed E-state index contributed by atoms with van der Waals surface area (Å²) in [5.74, 6) is 2.50. The maximum Gasteiger partial charge on any atom is 0.272 e. The van der Waals surface area contributed by atoms with E-state index < -0.39 is 0 Å². The smallest absolute Gasteiger partial charge is 0.272 e. The predicted molar refractivity (Wildman–Crippen MR) is 73.7 cm³/mol. The van der Waals surface area contributed by atoms with Gasteiger partial charge < -0.3 is 10.6 Å². The third-order valence-corrected chi connectivity index (χ3v) is 3.91. The molecule has 0 saturated carbocycles. The standard InChI is InChI=1S/C11H15N3OS.ClH/c1-14(8-5-6-16-7-8)11(15)9-3-2-4-10(12)13-9;/h2-4,8H,5-7H2,1H3,(H2,12,13);1H. The minimum Gasteiger partial charge on any atom is -0.384 e. The molecule has 1 atom stereocenters. The zero-order valence-corrected chi connectivity index (χ0v) is 11.3. The van der Waals surface area contributed by atoms with Crippen molar-refractivity contribution in [2.24, 2.45) is 0 Å². The van der Waals surface area contributed by atoms with Gasteiger partial charge in [0, 0.05) is 18.8 Å². The number of nitrogens with zero attached hydrogens (tertiary/aromatic N) is 2. The van der Waals surface area contributed by atoms with Gasteiger partial charge in [-0.1, -0.05) is 6.07 Å². The Bertz CT molecular complexity index is 396. The molecule has 0 aliphatic carbocycles. The van der Waals surface area contributed by atoms with E-state index in [0.717, 1.165) is 17.9 Å². The summed E-state index contributed by atoms with van der Waals surface area (Å²) in [7, 11) is 1.84. The molecule has 2 heterocycles. The minimum absolute atomic E-state index is 0. The van der Waals surface area contributed by atoms with Crippen molar-refractivity contribution >= 4 is 35.9 Å². The molecule has 1 aromatic heterocycles. The van der Waals surface area contributed by atoms with Gasteiger partial charge in [0.25, 0.3) is 5.91 Å². The van der Waals surface area contributed by atoms with Gasteiger partial charge in [0.1, 0.15) is 11.5 Å². The van der Waals surface area contributed by atoms with Gasteiger partial charge in [-0.3, -0.25) is 4.79 Å². The van der Waals surface area contributed by atoms with Crippen molar-refractivity contribution < 1.29 is 4.79 Å². The van der Waals surface area contributed by atoms with Crippen LogP contribution in [-0.4, -0.2) is 40.4 Å². The minimum atomic E-state index is -0.0419. The number of pyridine rings is 1. The van der Waals surface area contributed by atoms with E-state index in [-0.39, 0.29) is 18.3 Å².